The van der Waals surface area contributed by atoms with Crippen molar-refractivity contribution >= 4 is 17.9 Å². The first-order valence-electron chi connectivity index (χ1n) is 21.6. The number of aromatic amines is 2. The average Bonchev–Trinajstić information content (AvgIpc) is 4.12. The number of rotatable bonds is 10. The maximum absolute atomic E-state index is 14.4. The third-order valence-corrected chi connectivity index (χ3v) is 13.1. The number of hydrogen-bond donors (Lipinski definition) is 4. The van der Waals surface area contributed by atoms with Gasteiger partial charge in [0, 0.05) is 25.0 Å². The minimum Gasteiger partial charge on any atom is -0.465 e. The fourth-order valence-corrected chi connectivity index (χ4v) is 9.99. The third-order valence-electron chi connectivity index (χ3n) is 13.1. The number of carboxylic acid groups (broad SMARTS) is 1. The molecule has 4 aliphatic rings. The van der Waals surface area contributed by atoms with E-state index in [0.717, 1.165) is 116 Å². The van der Waals surface area contributed by atoms with Crippen LogP contribution in [-0.4, -0.2) is 89.9 Å². The Morgan fingerprint density at radius 3 is 1.69 bits per heavy atom. The molecule has 4 N–H and O–H groups in total. The van der Waals surface area contributed by atoms with E-state index in [-0.39, 0.29) is 41.9 Å². The van der Waals surface area contributed by atoms with Crippen molar-refractivity contribution in [1.29, 1.82) is 0 Å². The smallest absolute Gasteiger partial charge is 0.404 e. The number of hydrogen-bond acceptors (Lipinski definition) is 6. The van der Waals surface area contributed by atoms with E-state index in [2.05, 4.69) is 85.7 Å². The zero-order valence-electron chi connectivity index (χ0n) is 33.6. The lowest BCUT2D eigenvalue weighted by molar-refractivity contribution is -0.139. The van der Waals surface area contributed by atoms with E-state index in [1.165, 1.54) is 6.42 Å². The number of nitrogens with one attached hydrogen (secondary N) is 3. The predicted molar refractivity (Wildman–Crippen MR) is 226 cm³/mol. The monoisotopic (exact) mass is 794 g/mol. The van der Waals surface area contributed by atoms with Crippen LogP contribution in [0.2, 0.25) is 0 Å². The summed E-state index contributed by atoms with van der Waals surface area (Å²) in [5.41, 5.74) is 7.21. The van der Waals surface area contributed by atoms with Gasteiger partial charge in [-0.1, -0.05) is 85.3 Å². The summed E-state index contributed by atoms with van der Waals surface area (Å²) in [5, 5.41) is 11.6. The van der Waals surface area contributed by atoms with Crippen molar-refractivity contribution in [2.45, 2.75) is 94.8 Å². The van der Waals surface area contributed by atoms with Crippen LogP contribution >= 0.6 is 0 Å². The lowest BCUT2D eigenvalue weighted by atomic mass is 9.85. The van der Waals surface area contributed by atoms with E-state index in [4.69, 9.17) is 15.1 Å². The highest BCUT2D eigenvalue weighted by atomic mass is 16.4. The van der Waals surface area contributed by atoms with Gasteiger partial charge < -0.3 is 30.2 Å². The van der Waals surface area contributed by atoms with E-state index in [1.807, 2.05) is 35.5 Å². The Labute approximate surface area is 345 Å². The highest BCUT2D eigenvalue weighted by molar-refractivity contribution is 5.84. The van der Waals surface area contributed by atoms with Crippen LogP contribution in [0.25, 0.3) is 33.6 Å². The highest BCUT2D eigenvalue weighted by Gasteiger charge is 2.40. The second-order valence-corrected chi connectivity index (χ2v) is 16.8. The number of nitrogens with zero attached hydrogens (tertiary/aromatic N) is 5. The lowest BCUT2D eigenvalue weighted by Gasteiger charge is -2.37. The number of imidazole rings is 2. The molecule has 0 spiro atoms. The van der Waals surface area contributed by atoms with Crippen LogP contribution in [0.5, 0.6) is 0 Å². The molecular formula is C47H54N8O4. The van der Waals surface area contributed by atoms with E-state index in [9.17, 15) is 14.4 Å². The van der Waals surface area contributed by atoms with Crippen LogP contribution in [0.15, 0.2) is 91.3 Å². The molecule has 3 atom stereocenters. The topological polar surface area (TPSA) is 151 Å². The summed E-state index contributed by atoms with van der Waals surface area (Å²) in [6.07, 6.45) is 12.7. The number of amides is 3. The molecule has 12 heteroatoms. The summed E-state index contributed by atoms with van der Waals surface area (Å²) in [7, 11) is 0. The second kappa shape index (κ2) is 17.2. The maximum Gasteiger partial charge on any atom is 0.404 e. The summed E-state index contributed by atoms with van der Waals surface area (Å²) in [6, 6.07) is 26.7. The minimum atomic E-state index is -1.000. The van der Waals surface area contributed by atoms with Crippen LogP contribution in [0.3, 0.4) is 0 Å². The summed E-state index contributed by atoms with van der Waals surface area (Å²) in [4.78, 5) is 62.1. The van der Waals surface area contributed by atoms with Crippen LogP contribution in [0.1, 0.15) is 106 Å². The molecule has 9 rings (SSSR count). The van der Waals surface area contributed by atoms with Crippen LogP contribution < -0.4 is 5.32 Å². The van der Waals surface area contributed by atoms with Crippen molar-refractivity contribution in [3.63, 3.8) is 0 Å². The fraction of sp³-hybridized carbons (Fsp3) is 0.426. The zero-order valence-corrected chi connectivity index (χ0v) is 33.6. The Hall–Kier alpha value is -5.75. The fourth-order valence-electron chi connectivity index (χ4n) is 9.99. The number of piperidine rings is 1. The number of carbonyl (C=O) groups excluding carboxylic acids is 2. The molecule has 1 aliphatic carbocycles. The van der Waals surface area contributed by atoms with Gasteiger partial charge in [0.25, 0.3) is 0 Å². The molecule has 3 aromatic carbocycles. The zero-order chi connectivity index (χ0) is 40.3. The molecule has 1 saturated carbocycles. The largest absolute Gasteiger partial charge is 0.465 e. The SMILES string of the molecule is O=C(O)N[C@H]1CC[C@@H](C(=O)N2CCC[C@H]2c2ncc(-c3ccc(-c4ccc(-c5cnc([C@@H]6CCCN6C(=O)[C@@H](c6ccccc6)N6CCCCC6)[nH]5)cc4)cc3)[nH]2)CC1. The van der Waals surface area contributed by atoms with Gasteiger partial charge in [-0.15, -0.1) is 0 Å². The third kappa shape index (κ3) is 8.28. The molecule has 12 nitrogen and oxygen atoms in total. The van der Waals surface area contributed by atoms with Gasteiger partial charge in [-0.3, -0.25) is 14.5 Å². The standard InChI is InChI=1S/C47H54N8O4/c56-45(36-21-23-37(24-22-36)50-47(58)59)54-27-7-11-40(54)43-48-29-38(51-43)33-17-13-31(14-18-33)32-15-19-34(20-16-32)39-30-49-44(52-39)41-12-8-28-55(41)46(57)42(35-9-3-1-4-10-35)53-25-5-2-6-26-53/h1,3-4,9-10,13-20,29-30,36-37,40-42,50H,2,5-8,11-12,21-28H2,(H,48,51)(H,49,52)(H,58,59)/t36-,37+,40-,41-,42+/m0/s1. The van der Waals surface area contributed by atoms with Crippen molar-refractivity contribution in [2.75, 3.05) is 26.2 Å². The molecule has 0 unspecified atom stereocenters. The average molecular weight is 795 g/mol. The summed E-state index contributed by atoms with van der Waals surface area (Å²) in [5.74, 6) is 1.93. The molecule has 3 aliphatic heterocycles. The molecule has 0 radical (unpaired) electrons. The van der Waals surface area contributed by atoms with Gasteiger partial charge in [0.05, 0.1) is 35.9 Å². The molecule has 2 aromatic heterocycles. The Kier molecular flexibility index (Phi) is 11.3. The van der Waals surface area contributed by atoms with Gasteiger partial charge in [-0.2, -0.15) is 0 Å². The van der Waals surface area contributed by atoms with Gasteiger partial charge in [-0.05, 0) is 105 Å². The molecule has 4 fully saturated rings. The van der Waals surface area contributed by atoms with Gasteiger partial charge in [-0.25, -0.2) is 14.8 Å². The van der Waals surface area contributed by atoms with Gasteiger partial charge in [0.1, 0.15) is 17.7 Å². The molecule has 3 saturated heterocycles. The van der Waals surface area contributed by atoms with Gasteiger partial charge in [0.2, 0.25) is 11.8 Å². The Morgan fingerprint density at radius 1 is 0.610 bits per heavy atom. The first kappa shape index (κ1) is 38.8. The number of likely N-dealkylation sites (tertiary alicyclic amines) is 3. The molecule has 0 bridgehead atoms. The molecule has 5 heterocycles. The quantitative estimate of drug-likeness (QED) is 0.111. The Bertz CT molecular complexity index is 2220. The normalized spacial score (nSPS) is 23.0. The molecular weight excluding hydrogens is 741 g/mol. The first-order valence-corrected chi connectivity index (χ1v) is 21.6. The van der Waals surface area contributed by atoms with E-state index in [1.54, 1.807) is 0 Å². The van der Waals surface area contributed by atoms with E-state index >= 15 is 0 Å². The van der Waals surface area contributed by atoms with E-state index in [0.29, 0.717) is 25.7 Å². The van der Waals surface area contributed by atoms with Gasteiger partial charge in [0.15, 0.2) is 0 Å². The maximum atomic E-state index is 14.4. The predicted octanol–water partition coefficient (Wildman–Crippen LogP) is 8.51. The molecule has 3 amide bonds. The van der Waals surface area contributed by atoms with Crippen molar-refractivity contribution in [2.24, 2.45) is 5.92 Å². The van der Waals surface area contributed by atoms with Crippen molar-refractivity contribution in [3.05, 3.63) is 108 Å². The number of H-pyrrole nitrogens is 2. The van der Waals surface area contributed by atoms with Crippen LogP contribution in [0, 0.1) is 5.92 Å². The summed E-state index contributed by atoms with van der Waals surface area (Å²) in [6.45, 7) is 3.36. The van der Waals surface area contributed by atoms with Crippen molar-refractivity contribution < 1.29 is 19.5 Å². The minimum absolute atomic E-state index is 0.0711. The van der Waals surface area contributed by atoms with Crippen molar-refractivity contribution in [1.82, 2.24) is 40.0 Å². The molecule has 59 heavy (non-hydrogen) atoms. The lowest BCUT2D eigenvalue weighted by Crippen LogP contribution is -2.44. The van der Waals surface area contributed by atoms with Gasteiger partial charge >= 0.3 is 6.09 Å². The highest BCUT2D eigenvalue weighted by Crippen LogP contribution is 2.38. The molecule has 5 aromatic rings. The number of aromatic nitrogens is 4. The Morgan fingerprint density at radius 2 is 1.14 bits per heavy atom. The number of benzene rings is 3. The van der Waals surface area contributed by atoms with Crippen LogP contribution in [0.4, 0.5) is 4.79 Å². The second-order valence-electron chi connectivity index (χ2n) is 16.8. The summed E-state index contributed by atoms with van der Waals surface area (Å²) >= 11 is 0. The summed E-state index contributed by atoms with van der Waals surface area (Å²) < 4.78 is 0. The Balaban J connectivity index is 0.836. The van der Waals surface area contributed by atoms with E-state index < -0.39 is 6.09 Å². The molecule has 306 valence electrons. The first-order chi connectivity index (χ1) is 28.9. The van der Waals surface area contributed by atoms with Crippen LogP contribution in [-0.2, 0) is 9.59 Å². The van der Waals surface area contributed by atoms with Crippen molar-refractivity contribution in [3.8, 4) is 33.6 Å². The number of carbonyl (C=O) groups is 3.